The van der Waals surface area contributed by atoms with Gasteiger partial charge in [0, 0.05) is 18.3 Å². The van der Waals surface area contributed by atoms with Gasteiger partial charge in [0.25, 0.3) is 0 Å². The van der Waals surface area contributed by atoms with Crippen LogP contribution in [-0.4, -0.2) is 34.1 Å². The summed E-state index contributed by atoms with van der Waals surface area (Å²) in [6.45, 7) is 7.40. The van der Waals surface area contributed by atoms with Crippen molar-refractivity contribution in [3.63, 3.8) is 0 Å². The first-order valence-electron chi connectivity index (χ1n) is 7.15. The van der Waals surface area contributed by atoms with Crippen LogP contribution >= 0.6 is 0 Å². The first-order chi connectivity index (χ1) is 9.42. The van der Waals surface area contributed by atoms with Crippen LogP contribution in [0.15, 0.2) is 12.4 Å². The van der Waals surface area contributed by atoms with E-state index in [2.05, 4.69) is 15.7 Å². The number of hydrogen-bond acceptors (Lipinski definition) is 3. The largest absolute Gasteiger partial charge is 0.376 e. The predicted octanol–water partition coefficient (Wildman–Crippen LogP) is 2.37. The van der Waals surface area contributed by atoms with E-state index in [0.29, 0.717) is 5.69 Å². The normalized spacial score (nSPS) is 19.6. The van der Waals surface area contributed by atoms with Gasteiger partial charge in [-0.3, -0.25) is 4.68 Å². The monoisotopic (exact) mass is 280 g/mol. The van der Waals surface area contributed by atoms with Crippen LogP contribution in [0.3, 0.4) is 0 Å². The summed E-state index contributed by atoms with van der Waals surface area (Å²) in [5.41, 5.74) is 0.443. The Morgan fingerprint density at radius 3 is 2.95 bits per heavy atom. The van der Waals surface area contributed by atoms with Crippen LogP contribution in [-0.2, 0) is 11.3 Å². The van der Waals surface area contributed by atoms with Gasteiger partial charge in [-0.15, -0.1) is 0 Å². The molecule has 0 unspecified atom stereocenters. The summed E-state index contributed by atoms with van der Waals surface area (Å²) in [5, 5.41) is 9.88. The zero-order valence-corrected chi connectivity index (χ0v) is 12.5. The summed E-state index contributed by atoms with van der Waals surface area (Å²) >= 11 is 0. The third-order valence-corrected chi connectivity index (χ3v) is 3.04. The standard InChI is InChI=1S/C14H24N4O2/c1-14(2,3)17-13(19)16-11-8-15-18(9-11)10-12-6-4-5-7-20-12/h8-9,12H,4-7,10H2,1-3H3,(H2,16,17,19)/t12-/m1/s1. The molecule has 0 aromatic carbocycles. The van der Waals surface area contributed by atoms with Gasteiger partial charge in [-0.2, -0.15) is 5.10 Å². The molecule has 1 aliphatic heterocycles. The van der Waals surface area contributed by atoms with Crippen molar-refractivity contribution in [2.75, 3.05) is 11.9 Å². The molecule has 6 nitrogen and oxygen atoms in total. The topological polar surface area (TPSA) is 68.2 Å². The van der Waals surface area contributed by atoms with Crippen molar-refractivity contribution in [2.24, 2.45) is 0 Å². The third kappa shape index (κ3) is 4.85. The fourth-order valence-electron chi connectivity index (χ4n) is 2.19. The molecule has 0 spiro atoms. The SMILES string of the molecule is CC(C)(C)NC(=O)Nc1cnn(C[C@H]2CCCCO2)c1. The molecule has 2 amide bonds. The number of urea groups is 1. The molecule has 20 heavy (non-hydrogen) atoms. The first-order valence-corrected chi connectivity index (χ1v) is 7.15. The van der Waals surface area contributed by atoms with Crippen LogP contribution in [0.25, 0.3) is 0 Å². The number of carbonyl (C=O) groups is 1. The minimum atomic E-state index is -0.254. The van der Waals surface area contributed by atoms with Crippen molar-refractivity contribution >= 4 is 11.7 Å². The van der Waals surface area contributed by atoms with Crippen LogP contribution in [0.4, 0.5) is 10.5 Å². The maximum absolute atomic E-state index is 11.7. The summed E-state index contributed by atoms with van der Waals surface area (Å²) in [5.74, 6) is 0. The quantitative estimate of drug-likeness (QED) is 0.893. The van der Waals surface area contributed by atoms with Gasteiger partial charge < -0.3 is 15.4 Å². The smallest absolute Gasteiger partial charge is 0.319 e. The number of aromatic nitrogens is 2. The third-order valence-electron chi connectivity index (χ3n) is 3.04. The van der Waals surface area contributed by atoms with Gasteiger partial charge in [0.15, 0.2) is 0 Å². The van der Waals surface area contributed by atoms with Crippen LogP contribution in [0.2, 0.25) is 0 Å². The van der Waals surface area contributed by atoms with E-state index in [1.165, 1.54) is 6.42 Å². The zero-order chi connectivity index (χ0) is 14.6. The molecule has 1 saturated heterocycles. The maximum Gasteiger partial charge on any atom is 0.319 e. The second-order valence-corrected chi connectivity index (χ2v) is 6.27. The van der Waals surface area contributed by atoms with Gasteiger partial charge in [0.05, 0.1) is 24.5 Å². The average molecular weight is 280 g/mol. The molecule has 1 fully saturated rings. The molecule has 1 aromatic rings. The van der Waals surface area contributed by atoms with Crippen LogP contribution < -0.4 is 10.6 Å². The Balaban J connectivity index is 1.84. The van der Waals surface area contributed by atoms with E-state index >= 15 is 0 Å². The molecule has 0 bridgehead atoms. The molecule has 2 rings (SSSR count). The van der Waals surface area contributed by atoms with Crippen molar-refractivity contribution in [3.8, 4) is 0 Å². The van der Waals surface area contributed by atoms with Crippen LogP contribution in [0.1, 0.15) is 40.0 Å². The van der Waals surface area contributed by atoms with Crippen LogP contribution in [0.5, 0.6) is 0 Å². The van der Waals surface area contributed by atoms with Crippen molar-refractivity contribution in [2.45, 2.75) is 58.2 Å². The molecular weight excluding hydrogens is 256 g/mol. The molecule has 112 valence electrons. The minimum absolute atomic E-state index is 0.217. The highest BCUT2D eigenvalue weighted by atomic mass is 16.5. The highest BCUT2D eigenvalue weighted by molar-refractivity contribution is 5.89. The van der Waals surface area contributed by atoms with Crippen LogP contribution in [0, 0.1) is 0 Å². The first kappa shape index (κ1) is 14.8. The fourth-order valence-corrected chi connectivity index (χ4v) is 2.19. The molecule has 1 aromatic heterocycles. The van der Waals surface area contributed by atoms with E-state index in [0.717, 1.165) is 26.0 Å². The molecule has 0 aliphatic carbocycles. The van der Waals surface area contributed by atoms with Gasteiger partial charge in [-0.1, -0.05) is 0 Å². The molecule has 6 heteroatoms. The lowest BCUT2D eigenvalue weighted by Crippen LogP contribution is -2.43. The maximum atomic E-state index is 11.7. The number of carbonyl (C=O) groups excluding carboxylic acids is 1. The molecule has 2 heterocycles. The van der Waals surface area contributed by atoms with Gasteiger partial charge in [0.2, 0.25) is 0 Å². The van der Waals surface area contributed by atoms with Crippen molar-refractivity contribution in [1.82, 2.24) is 15.1 Å². The molecule has 0 radical (unpaired) electrons. The summed E-state index contributed by atoms with van der Waals surface area (Å²) in [7, 11) is 0. The number of hydrogen-bond donors (Lipinski definition) is 2. The van der Waals surface area contributed by atoms with E-state index in [4.69, 9.17) is 4.74 Å². The second-order valence-electron chi connectivity index (χ2n) is 6.27. The van der Waals surface area contributed by atoms with Gasteiger partial charge in [-0.05, 0) is 40.0 Å². The lowest BCUT2D eigenvalue weighted by atomic mass is 10.1. The fraction of sp³-hybridized carbons (Fsp3) is 0.714. The van der Waals surface area contributed by atoms with E-state index in [-0.39, 0.29) is 17.7 Å². The Kier molecular flexibility index (Phi) is 4.65. The Labute approximate surface area is 119 Å². The number of amides is 2. The lowest BCUT2D eigenvalue weighted by Gasteiger charge is -2.22. The highest BCUT2D eigenvalue weighted by Gasteiger charge is 2.16. The number of nitrogens with zero attached hydrogens (tertiary/aromatic N) is 2. The summed E-state index contributed by atoms with van der Waals surface area (Å²) in [4.78, 5) is 11.7. The summed E-state index contributed by atoms with van der Waals surface area (Å²) in [6.07, 6.45) is 7.17. The number of ether oxygens (including phenoxy) is 1. The molecule has 0 saturated carbocycles. The number of nitrogens with one attached hydrogen (secondary N) is 2. The minimum Gasteiger partial charge on any atom is -0.376 e. The zero-order valence-electron chi connectivity index (χ0n) is 12.5. The van der Waals surface area contributed by atoms with Crippen molar-refractivity contribution in [1.29, 1.82) is 0 Å². The Morgan fingerprint density at radius 1 is 1.50 bits per heavy atom. The molecule has 2 N–H and O–H groups in total. The Morgan fingerprint density at radius 2 is 2.30 bits per heavy atom. The molecule has 1 aliphatic rings. The van der Waals surface area contributed by atoms with E-state index in [9.17, 15) is 4.79 Å². The Hall–Kier alpha value is -1.56. The van der Waals surface area contributed by atoms with E-state index < -0.39 is 0 Å². The van der Waals surface area contributed by atoms with Gasteiger partial charge >= 0.3 is 6.03 Å². The van der Waals surface area contributed by atoms with Crippen molar-refractivity contribution in [3.05, 3.63) is 12.4 Å². The second kappa shape index (κ2) is 6.26. The van der Waals surface area contributed by atoms with Crippen molar-refractivity contribution < 1.29 is 9.53 Å². The van der Waals surface area contributed by atoms with E-state index in [1.807, 2.05) is 31.6 Å². The number of anilines is 1. The summed E-state index contributed by atoms with van der Waals surface area (Å²) in [6, 6.07) is -0.217. The number of rotatable bonds is 3. The van der Waals surface area contributed by atoms with E-state index in [1.54, 1.807) is 6.20 Å². The van der Waals surface area contributed by atoms with Gasteiger partial charge in [-0.25, -0.2) is 4.79 Å². The predicted molar refractivity (Wildman–Crippen MR) is 77.7 cm³/mol. The average Bonchev–Trinajstić information content (AvgIpc) is 2.75. The lowest BCUT2D eigenvalue weighted by molar-refractivity contribution is 0.00401. The molecule has 1 atom stereocenters. The Bertz CT molecular complexity index is 444. The summed E-state index contributed by atoms with van der Waals surface area (Å²) < 4.78 is 7.50. The van der Waals surface area contributed by atoms with Gasteiger partial charge in [0.1, 0.15) is 0 Å². The molecular formula is C14H24N4O2. The highest BCUT2D eigenvalue weighted by Crippen LogP contribution is 2.15.